The lowest BCUT2D eigenvalue weighted by atomic mass is 10.2. The summed E-state index contributed by atoms with van der Waals surface area (Å²) < 4.78 is 0.923. The summed E-state index contributed by atoms with van der Waals surface area (Å²) in [7, 11) is 0. The van der Waals surface area contributed by atoms with Gasteiger partial charge in [-0.25, -0.2) is 0 Å². The molecule has 0 aromatic carbocycles. The van der Waals surface area contributed by atoms with Crippen molar-refractivity contribution >= 4 is 40.4 Å². The average molecular weight is 280 g/mol. The third-order valence-corrected chi connectivity index (χ3v) is 4.22. The molecule has 1 aliphatic rings. The molecule has 1 aromatic heterocycles. The van der Waals surface area contributed by atoms with E-state index >= 15 is 0 Å². The molecule has 88 valence electrons. The minimum Gasteiger partial charge on any atom is -0.394 e. The maximum atomic E-state index is 12.1. The molecule has 1 aliphatic heterocycles. The van der Waals surface area contributed by atoms with E-state index in [1.54, 1.807) is 11.0 Å². The summed E-state index contributed by atoms with van der Waals surface area (Å²) in [6.07, 6.45) is 1.77. The van der Waals surface area contributed by atoms with Gasteiger partial charge in [0.2, 0.25) is 0 Å². The van der Waals surface area contributed by atoms with E-state index < -0.39 is 0 Å². The lowest BCUT2D eigenvalue weighted by Crippen LogP contribution is -2.37. The van der Waals surface area contributed by atoms with Gasteiger partial charge >= 0.3 is 0 Å². The highest BCUT2D eigenvalue weighted by atomic mass is 35.5. The molecule has 1 saturated heterocycles. The standard InChI is InChI=1S/C10H11Cl2NO2S/c11-8-4-7(9(12)16-8)10(15)13-3-1-2-6(13)5-14/h4,6,14H,1-3,5H2/t6-/m1/s1. The van der Waals surface area contributed by atoms with Crippen molar-refractivity contribution in [2.75, 3.05) is 13.2 Å². The van der Waals surface area contributed by atoms with E-state index in [0.29, 0.717) is 20.8 Å². The van der Waals surface area contributed by atoms with Crippen molar-refractivity contribution in [2.24, 2.45) is 0 Å². The van der Waals surface area contributed by atoms with Gasteiger partial charge in [0.1, 0.15) is 4.34 Å². The predicted octanol–water partition coefficient (Wildman–Crippen LogP) is 2.65. The molecule has 1 aromatic rings. The molecule has 2 rings (SSSR count). The van der Waals surface area contributed by atoms with Crippen molar-refractivity contribution in [1.82, 2.24) is 4.90 Å². The molecule has 1 N–H and O–H groups in total. The fourth-order valence-corrected chi connectivity index (χ4v) is 3.38. The van der Waals surface area contributed by atoms with Crippen LogP contribution in [0.25, 0.3) is 0 Å². The minimum absolute atomic E-state index is 0.00122. The SMILES string of the molecule is O=C(c1cc(Cl)sc1Cl)N1CCC[C@@H]1CO. The third-order valence-electron chi connectivity index (χ3n) is 2.74. The van der Waals surface area contributed by atoms with Crippen LogP contribution in [-0.2, 0) is 0 Å². The highest BCUT2D eigenvalue weighted by Gasteiger charge is 2.30. The summed E-state index contributed by atoms with van der Waals surface area (Å²) in [5.41, 5.74) is 0.442. The Labute approximate surface area is 108 Å². The Morgan fingerprint density at radius 3 is 2.94 bits per heavy atom. The van der Waals surface area contributed by atoms with Gasteiger partial charge in [-0.15, -0.1) is 11.3 Å². The number of amides is 1. The fourth-order valence-electron chi connectivity index (χ4n) is 1.93. The van der Waals surface area contributed by atoms with Crippen LogP contribution in [0.1, 0.15) is 23.2 Å². The summed E-state index contributed by atoms with van der Waals surface area (Å²) in [6, 6.07) is 1.51. The van der Waals surface area contributed by atoms with Crippen molar-refractivity contribution in [3.63, 3.8) is 0 Å². The van der Waals surface area contributed by atoms with Crippen LogP contribution in [-0.4, -0.2) is 35.1 Å². The lowest BCUT2D eigenvalue weighted by molar-refractivity contribution is 0.0678. The van der Waals surface area contributed by atoms with Gasteiger partial charge in [0.25, 0.3) is 5.91 Å². The molecule has 16 heavy (non-hydrogen) atoms. The van der Waals surface area contributed by atoms with Crippen LogP contribution in [0, 0.1) is 0 Å². The second-order valence-electron chi connectivity index (χ2n) is 3.72. The van der Waals surface area contributed by atoms with Gasteiger partial charge in [-0.1, -0.05) is 23.2 Å². The number of hydrogen-bond donors (Lipinski definition) is 1. The van der Waals surface area contributed by atoms with Crippen LogP contribution in [0.3, 0.4) is 0 Å². The van der Waals surface area contributed by atoms with E-state index in [0.717, 1.165) is 12.8 Å². The molecule has 0 radical (unpaired) electrons. The number of likely N-dealkylation sites (tertiary alicyclic amines) is 1. The molecule has 1 fully saturated rings. The predicted molar refractivity (Wildman–Crippen MR) is 65.5 cm³/mol. The number of aliphatic hydroxyl groups excluding tert-OH is 1. The van der Waals surface area contributed by atoms with E-state index in [-0.39, 0.29) is 18.6 Å². The molecular formula is C10H11Cl2NO2S. The van der Waals surface area contributed by atoms with Crippen LogP contribution in [0.2, 0.25) is 8.67 Å². The molecule has 2 heterocycles. The summed E-state index contributed by atoms with van der Waals surface area (Å²) >= 11 is 12.9. The Balaban J connectivity index is 2.21. The van der Waals surface area contributed by atoms with E-state index in [1.165, 1.54) is 11.3 Å². The smallest absolute Gasteiger partial charge is 0.256 e. The van der Waals surface area contributed by atoms with Crippen LogP contribution in [0.5, 0.6) is 0 Å². The maximum Gasteiger partial charge on any atom is 0.256 e. The minimum atomic E-state index is -0.135. The molecule has 0 spiro atoms. The van der Waals surface area contributed by atoms with Gasteiger partial charge in [-0.3, -0.25) is 4.79 Å². The van der Waals surface area contributed by atoms with Crippen molar-refractivity contribution in [3.8, 4) is 0 Å². The zero-order chi connectivity index (χ0) is 11.7. The first-order valence-corrected chi connectivity index (χ1v) is 6.57. The van der Waals surface area contributed by atoms with Crippen LogP contribution < -0.4 is 0 Å². The fraction of sp³-hybridized carbons (Fsp3) is 0.500. The molecular weight excluding hydrogens is 269 g/mol. The first kappa shape index (κ1) is 12.2. The number of rotatable bonds is 2. The first-order chi connectivity index (χ1) is 7.63. The number of aliphatic hydroxyl groups is 1. The van der Waals surface area contributed by atoms with Crippen molar-refractivity contribution < 1.29 is 9.90 Å². The van der Waals surface area contributed by atoms with Crippen molar-refractivity contribution in [3.05, 3.63) is 20.3 Å². The Morgan fingerprint density at radius 1 is 1.62 bits per heavy atom. The number of nitrogens with zero attached hydrogens (tertiary/aromatic N) is 1. The molecule has 1 atom stereocenters. The van der Waals surface area contributed by atoms with Crippen LogP contribution in [0.15, 0.2) is 6.07 Å². The van der Waals surface area contributed by atoms with Crippen molar-refractivity contribution in [1.29, 1.82) is 0 Å². The summed E-state index contributed by atoms with van der Waals surface area (Å²) in [5.74, 6) is -0.135. The number of carbonyl (C=O) groups excluding carboxylic acids is 1. The molecule has 1 amide bonds. The van der Waals surface area contributed by atoms with Gasteiger partial charge in [0.15, 0.2) is 0 Å². The summed E-state index contributed by atoms with van der Waals surface area (Å²) in [4.78, 5) is 13.8. The number of hydrogen-bond acceptors (Lipinski definition) is 3. The molecule has 0 saturated carbocycles. The number of halogens is 2. The Hall–Kier alpha value is -0.290. The summed E-state index contributed by atoms with van der Waals surface area (Å²) in [6.45, 7) is 0.676. The van der Waals surface area contributed by atoms with E-state index in [1.807, 2.05) is 0 Å². The van der Waals surface area contributed by atoms with Crippen LogP contribution >= 0.6 is 34.5 Å². The van der Waals surface area contributed by atoms with Gasteiger partial charge in [0.05, 0.1) is 22.5 Å². The molecule has 0 aliphatic carbocycles. The Morgan fingerprint density at radius 2 is 2.38 bits per heavy atom. The molecule has 0 unspecified atom stereocenters. The zero-order valence-corrected chi connectivity index (χ0v) is 10.8. The van der Waals surface area contributed by atoms with Gasteiger partial charge in [-0.2, -0.15) is 0 Å². The lowest BCUT2D eigenvalue weighted by Gasteiger charge is -2.22. The molecule has 6 heteroatoms. The van der Waals surface area contributed by atoms with E-state index in [9.17, 15) is 4.79 Å². The van der Waals surface area contributed by atoms with Gasteiger partial charge in [0, 0.05) is 6.54 Å². The van der Waals surface area contributed by atoms with Gasteiger partial charge < -0.3 is 10.0 Å². The third kappa shape index (κ3) is 2.20. The van der Waals surface area contributed by atoms with E-state index in [2.05, 4.69) is 0 Å². The quantitative estimate of drug-likeness (QED) is 0.904. The topological polar surface area (TPSA) is 40.5 Å². The number of carbonyl (C=O) groups is 1. The second-order valence-corrected chi connectivity index (χ2v) is 6.00. The maximum absolute atomic E-state index is 12.1. The monoisotopic (exact) mass is 279 g/mol. The zero-order valence-electron chi connectivity index (χ0n) is 8.45. The second kappa shape index (κ2) is 4.92. The van der Waals surface area contributed by atoms with E-state index in [4.69, 9.17) is 28.3 Å². The Bertz CT molecular complexity index is 408. The largest absolute Gasteiger partial charge is 0.394 e. The summed E-state index contributed by atoms with van der Waals surface area (Å²) in [5, 5.41) is 9.16. The number of thiophene rings is 1. The van der Waals surface area contributed by atoms with Gasteiger partial charge in [-0.05, 0) is 18.9 Å². The highest BCUT2D eigenvalue weighted by Crippen LogP contribution is 2.33. The highest BCUT2D eigenvalue weighted by molar-refractivity contribution is 7.20. The van der Waals surface area contributed by atoms with Crippen molar-refractivity contribution in [2.45, 2.75) is 18.9 Å². The molecule has 0 bridgehead atoms. The normalized spacial score (nSPS) is 20.4. The van der Waals surface area contributed by atoms with Crippen LogP contribution in [0.4, 0.5) is 0 Å². The average Bonchev–Trinajstić information content (AvgIpc) is 2.83. The first-order valence-electron chi connectivity index (χ1n) is 5.00. The molecule has 3 nitrogen and oxygen atoms in total. The Kier molecular flexibility index (Phi) is 3.74.